The lowest BCUT2D eigenvalue weighted by Crippen LogP contribution is -2.36. The minimum absolute atomic E-state index is 0.0221. The topological polar surface area (TPSA) is 109 Å². The lowest BCUT2D eigenvalue weighted by atomic mass is 9.90. The molecule has 6 rings (SSSR count). The fourth-order valence-corrected chi connectivity index (χ4v) is 5.39. The summed E-state index contributed by atoms with van der Waals surface area (Å²) in [6, 6.07) is 18.8. The molecule has 2 N–H and O–H groups in total. The van der Waals surface area contributed by atoms with E-state index in [0.717, 1.165) is 34.1 Å². The van der Waals surface area contributed by atoms with Gasteiger partial charge in [0.2, 0.25) is 17.1 Å². The molecule has 1 aliphatic rings. The van der Waals surface area contributed by atoms with Crippen LogP contribution in [0.5, 0.6) is 5.75 Å². The Labute approximate surface area is 218 Å². The number of hydrogen-bond acceptors (Lipinski definition) is 6. The van der Waals surface area contributed by atoms with Gasteiger partial charge in [0.25, 0.3) is 0 Å². The minimum atomic E-state index is -0.680. The number of aromatic hydroxyl groups is 1. The Morgan fingerprint density at radius 3 is 2.92 bits per heavy atom. The quantitative estimate of drug-likeness (QED) is 0.346. The fraction of sp³-hybridized carbons (Fsp3) is 0.233. The Kier molecular flexibility index (Phi) is 6.17. The first-order chi connectivity index (χ1) is 18.5. The Morgan fingerprint density at radius 2 is 2.05 bits per heavy atom. The summed E-state index contributed by atoms with van der Waals surface area (Å²) in [5.74, 6) is -0.925. The molecule has 8 heteroatoms. The van der Waals surface area contributed by atoms with Crippen molar-refractivity contribution in [3.63, 3.8) is 0 Å². The second-order valence-electron chi connectivity index (χ2n) is 9.63. The lowest BCUT2D eigenvalue weighted by molar-refractivity contribution is -0.132. The van der Waals surface area contributed by atoms with Crippen LogP contribution in [0.3, 0.4) is 0 Å². The summed E-state index contributed by atoms with van der Waals surface area (Å²) >= 11 is 0. The van der Waals surface area contributed by atoms with Gasteiger partial charge < -0.3 is 24.1 Å². The highest BCUT2D eigenvalue weighted by atomic mass is 16.5. The van der Waals surface area contributed by atoms with E-state index in [9.17, 15) is 14.7 Å². The molecule has 1 aliphatic heterocycles. The lowest BCUT2D eigenvalue weighted by Gasteiger charge is -2.29. The number of amides is 1. The van der Waals surface area contributed by atoms with Gasteiger partial charge in [0, 0.05) is 54.3 Å². The number of H-pyrrole nitrogens is 1. The second-order valence-corrected chi connectivity index (χ2v) is 9.63. The molecule has 0 radical (unpaired) electrons. The third-order valence-corrected chi connectivity index (χ3v) is 7.25. The van der Waals surface area contributed by atoms with Crippen LogP contribution in [0, 0.1) is 0 Å². The number of fused-ring (bicyclic) bond motifs is 4. The first-order valence-electron chi connectivity index (χ1n) is 12.6. The van der Waals surface area contributed by atoms with Crippen LogP contribution in [0.4, 0.5) is 0 Å². The molecule has 0 spiro atoms. The molecule has 0 unspecified atom stereocenters. The number of carbonyl (C=O) groups is 1. The summed E-state index contributed by atoms with van der Waals surface area (Å²) in [5.41, 5.74) is 4.34. The third kappa shape index (κ3) is 4.33. The number of hydrogen-bond donors (Lipinski definition) is 2. The highest BCUT2D eigenvalue weighted by Crippen LogP contribution is 2.36. The maximum atomic E-state index is 13.7. The van der Waals surface area contributed by atoms with Gasteiger partial charge in [-0.05, 0) is 41.8 Å². The molecule has 0 aliphatic carbocycles. The first-order valence-corrected chi connectivity index (χ1v) is 12.6. The van der Waals surface area contributed by atoms with E-state index in [4.69, 9.17) is 9.15 Å². The zero-order valence-electron chi connectivity index (χ0n) is 20.9. The smallest absolute Gasteiger partial charge is 0.227 e. The summed E-state index contributed by atoms with van der Waals surface area (Å²) in [5, 5.41) is 12.9. The average Bonchev–Trinajstić information content (AvgIpc) is 3.31. The molecule has 192 valence electrons. The van der Waals surface area contributed by atoms with E-state index < -0.39 is 17.1 Å². The summed E-state index contributed by atoms with van der Waals surface area (Å²) in [4.78, 5) is 36.0. The Balaban J connectivity index is 1.37. The number of aromatic amines is 1. The molecule has 38 heavy (non-hydrogen) atoms. The van der Waals surface area contributed by atoms with Gasteiger partial charge in [-0.1, -0.05) is 30.3 Å². The zero-order chi connectivity index (χ0) is 26.2. The van der Waals surface area contributed by atoms with E-state index >= 15 is 0 Å². The van der Waals surface area contributed by atoms with Crippen LogP contribution >= 0.6 is 0 Å². The molecule has 0 bridgehead atoms. The number of rotatable bonds is 6. The largest absolute Gasteiger partial charge is 0.502 e. The van der Waals surface area contributed by atoms with Crippen LogP contribution in [0.25, 0.3) is 21.8 Å². The molecule has 1 amide bonds. The number of aromatic nitrogens is 2. The van der Waals surface area contributed by atoms with E-state index in [-0.39, 0.29) is 30.5 Å². The van der Waals surface area contributed by atoms with Crippen LogP contribution in [0.1, 0.15) is 40.7 Å². The number of benzene rings is 2. The maximum absolute atomic E-state index is 13.7. The summed E-state index contributed by atoms with van der Waals surface area (Å²) in [6.45, 7) is 1.12. The first kappa shape index (κ1) is 23.9. The molecule has 0 fully saturated rings. The Bertz CT molecular complexity index is 1720. The molecular weight excluding hydrogens is 482 g/mol. The van der Waals surface area contributed by atoms with Crippen molar-refractivity contribution in [2.75, 3.05) is 13.7 Å². The van der Waals surface area contributed by atoms with E-state index in [0.29, 0.717) is 13.1 Å². The molecule has 0 saturated heterocycles. The fourth-order valence-electron chi connectivity index (χ4n) is 5.39. The number of ether oxygens (including phenoxy) is 1. The molecule has 8 nitrogen and oxygen atoms in total. The molecule has 3 aromatic heterocycles. The normalized spacial score (nSPS) is 14.1. The van der Waals surface area contributed by atoms with Crippen molar-refractivity contribution in [2.24, 2.45) is 0 Å². The Morgan fingerprint density at radius 1 is 1.18 bits per heavy atom. The van der Waals surface area contributed by atoms with Crippen LogP contribution in [0.2, 0.25) is 0 Å². The molecule has 0 saturated carbocycles. The second kappa shape index (κ2) is 9.79. The average molecular weight is 510 g/mol. The minimum Gasteiger partial charge on any atom is -0.502 e. The van der Waals surface area contributed by atoms with E-state index in [1.807, 2.05) is 53.4 Å². The predicted molar refractivity (Wildman–Crippen MR) is 143 cm³/mol. The standard InChI is InChI=1S/C30H27N3O5/c1-37-17-20-14-27(34)29(36)30(38-20)23(18-8-9-24-19(13-18)5-4-11-31-24)15-28(35)33-12-10-22-21-6-2-3-7-25(21)32-26(22)16-33/h2-9,11,13-14,23,32,36H,10,12,15-17H2,1H3/t23-/m1/s1. The molecule has 5 aromatic rings. The van der Waals surface area contributed by atoms with Crippen molar-refractivity contribution >= 4 is 27.7 Å². The van der Waals surface area contributed by atoms with Crippen molar-refractivity contribution in [3.05, 3.63) is 105 Å². The van der Waals surface area contributed by atoms with Gasteiger partial charge in [0.1, 0.15) is 12.4 Å². The van der Waals surface area contributed by atoms with Crippen molar-refractivity contribution in [3.8, 4) is 5.75 Å². The van der Waals surface area contributed by atoms with Crippen LogP contribution in [-0.4, -0.2) is 39.5 Å². The number of methoxy groups -OCH3 is 1. The highest BCUT2D eigenvalue weighted by molar-refractivity contribution is 5.86. The number of carbonyl (C=O) groups excluding carboxylic acids is 1. The third-order valence-electron chi connectivity index (χ3n) is 7.25. The molecule has 1 atom stereocenters. The summed E-state index contributed by atoms with van der Waals surface area (Å²) in [7, 11) is 1.50. The molecular formula is C30H27N3O5. The van der Waals surface area contributed by atoms with Crippen LogP contribution in [0.15, 0.2) is 76.1 Å². The number of nitrogens with one attached hydrogen (secondary N) is 1. The van der Waals surface area contributed by atoms with Gasteiger partial charge in [-0.25, -0.2) is 0 Å². The maximum Gasteiger partial charge on any atom is 0.227 e. The summed E-state index contributed by atoms with van der Waals surface area (Å²) < 4.78 is 11.1. The number of pyridine rings is 1. The SMILES string of the molecule is COCc1cc(=O)c(O)c([C@H](CC(=O)N2CCc3c([nH]c4ccccc34)C2)c2ccc3ncccc3c2)o1. The number of nitrogens with zero attached hydrogens (tertiary/aromatic N) is 2. The van der Waals surface area contributed by atoms with Crippen molar-refractivity contribution in [1.82, 2.24) is 14.9 Å². The van der Waals surface area contributed by atoms with Crippen molar-refractivity contribution in [2.45, 2.75) is 31.9 Å². The Hall–Kier alpha value is -4.43. The van der Waals surface area contributed by atoms with E-state index in [1.54, 1.807) is 6.20 Å². The van der Waals surface area contributed by atoms with E-state index in [1.165, 1.54) is 24.1 Å². The van der Waals surface area contributed by atoms with Gasteiger partial charge >= 0.3 is 0 Å². The molecule has 2 aromatic carbocycles. The van der Waals surface area contributed by atoms with Crippen molar-refractivity contribution < 1.29 is 19.1 Å². The zero-order valence-corrected chi connectivity index (χ0v) is 20.9. The van der Waals surface area contributed by atoms with Gasteiger partial charge in [0.05, 0.1) is 18.0 Å². The van der Waals surface area contributed by atoms with Gasteiger partial charge in [-0.15, -0.1) is 0 Å². The van der Waals surface area contributed by atoms with Gasteiger partial charge in [0.15, 0.2) is 5.76 Å². The van der Waals surface area contributed by atoms with Gasteiger partial charge in [-0.2, -0.15) is 0 Å². The van der Waals surface area contributed by atoms with Gasteiger partial charge in [-0.3, -0.25) is 14.6 Å². The highest BCUT2D eigenvalue weighted by Gasteiger charge is 2.30. The molecule has 4 heterocycles. The predicted octanol–water partition coefficient (Wildman–Crippen LogP) is 4.63. The monoisotopic (exact) mass is 509 g/mol. The van der Waals surface area contributed by atoms with Crippen LogP contribution in [-0.2, 0) is 29.1 Å². The van der Waals surface area contributed by atoms with Crippen molar-refractivity contribution in [1.29, 1.82) is 0 Å². The summed E-state index contributed by atoms with van der Waals surface area (Å²) in [6.07, 6.45) is 2.49. The number of para-hydroxylation sites is 1. The van der Waals surface area contributed by atoms with E-state index in [2.05, 4.69) is 16.0 Å². The van der Waals surface area contributed by atoms with Crippen LogP contribution < -0.4 is 5.43 Å².